The van der Waals surface area contributed by atoms with Gasteiger partial charge in [-0.1, -0.05) is 13.8 Å². The van der Waals surface area contributed by atoms with Crippen LogP contribution in [-0.2, 0) is 12.8 Å². The second-order valence-corrected chi connectivity index (χ2v) is 3.10. The van der Waals surface area contributed by atoms with Crippen molar-refractivity contribution in [3.05, 3.63) is 28.8 Å². The summed E-state index contributed by atoms with van der Waals surface area (Å²) in [7, 11) is 0. The zero-order valence-corrected chi connectivity index (χ0v) is 11.4. The van der Waals surface area contributed by atoms with Gasteiger partial charge in [0.05, 0.1) is 5.56 Å². The molecular formula is C11H14NaO3. The second kappa shape index (κ2) is 6.16. The van der Waals surface area contributed by atoms with E-state index in [0.717, 1.165) is 11.1 Å². The maximum atomic E-state index is 10.9. The van der Waals surface area contributed by atoms with Crippen molar-refractivity contribution in [3.8, 4) is 5.75 Å². The fourth-order valence-electron chi connectivity index (χ4n) is 1.68. The number of benzene rings is 1. The predicted molar refractivity (Wildman–Crippen MR) is 59.6 cm³/mol. The smallest absolute Gasteiger partial charge is 0.335 e. The van der Waals surface area contributed by atoms with Gasteiger partial charge in [-0.2, -0.15) is 0 Å². The first-order chi connectivity index (χ1) is 6.61. The van der Waals surface area contributed by atoms with Gasteiger partial charge >= 0.3 is 5.97 Å². The molecule has 3 nitrogen and oxygen atoms in total. The largest absolute Gasteiger partial charge is 0.508 e. The van der Waals surface area contributed by atoms with Gasteiger partial charge in [0.1, 0.15) is 5.75 Å². The molecule has 0 spiro atoms. The minimum absolute atomic E-state index is 0. The van der Waals surface area contributed by atoms with Gasteiger partial charge in [-0.25, -0.2) is 4.79 Å². The van der Waals surface area contributed by atoms with Crippen LogP contribution in [-0.4, -0.2) is 45.7 Å². The molecule has 77 valence electrons. The third-order valence-corrected chi connectivity index (χ3v) is 2.34. The summed E-state index contributed by atoms with van der Waals surface area (Å²) in [6, 6.07) is 2.90. The number of carbonyl (C=O) groups is 1. The molecule has 1 aromatic rings. The van der Waals surface area contributed by atoms with Gasteiger partial charge < -0.3 is 10.2 Å². The SMILES string of the molecule is CCc1c(O)ccc(C(=O)O)c1CC.[Na]. The Bertz CT molecular complexity index is 361. The van der Waals surface area contributed by atoms with E-state index < -0.39 is 5.97 Å². The number of aromatic carboxylic acids is 1. The Labute approximate surface area is 111 Å². The third kappa shape index (κ3) is 2.97. The van der Waals surface area contributed by atoms with Gasteiger partial charge in [0.25, 0.3) is 0 Å². The first kappa shape index (κ1) is 14.5. The Morgan fingerprint density at radius 3 is 2.13 bits per heavy atom. The van der Waals surface area contributed by atoms with Crippen molar-refractivity contribution in [3.63, 3.8) is 0 Å². The number of hydrogen-bond acceptors (Lipinski definition) is 2. The number of phenolic OH excluding ortho intramolecular Hbond substituents is 1. The van der Waals surface area contributed by atoms with E-state index >= 15 is 0 Å². The Morgan fingerprint density at radius 2 is 1.73 bits per heavy atom. The molecule has 1 radical (unpaired) electrons. The molecule has 4 heteroatoms. The van der Waals surface area contributed by atoms with Gasteiger partial charge in [0.15, 0.2) is 0 Å². The number of phenols is 1. The van der Waals surface area contributed by atoms with Crippen molar-refractivity contribution in [1.29, 1.82) is 0 Å². The maximum Gasteiger partial charge on any atom is 0.335 e. The normalized spacial score (nSPS) is 9.47. The average Bonchev–Trinajstić information content (AvgIpc) is 2.16. The van der Waals surface area contributed by atoms with Crippen LogP contribution in [0.25, 0.3) is 0 Å². The van der Waals surface area contributed by atoms with Crippen LogP contribution in [0.5, 0.6) is 5.75 Å². The van der Waals surface area contributed by atoms with Crippen LogP contribution in [0, 0.1) is 0 Å². The molecule has 0 aromatic heterocycles. The monoisotopic (exact) mass is 217 g/mol. The molecule has 1 aromatic carbocycles. The Balaban J connectivity index is 0.00000196. The van der Waals surface area contributed by atoms with E-state index in [4.69, 9.17) is 5.11 Å². The third-order valence-electron chi connectivity index (χ3n) is 2.34. The number of carboxylic acids is 1. The number of hydrogen-bond donors (Lipinski definition) is 2. The van der Waals surface area contributed by atoms with E-state index in [2.05, 4.69) is 0 Å². The van der Waals surface area contributed by atoms with Crippen molar-refractivity contribution in [2.75, 3.05) is 0 Å². The van der Waals surface area contributed by atoms with E-state index in [1.54, 1.807) is 0 Å². The van der Waals surface area contributed by atoms with Crippen molar-refractivity contribution in [2.45, 2.75) is 26.7 Å². The molecule has 0 bridgehead atoms. The molecule has 0 fully saturated rings. The Kier molecular flexibility index (Phi) is 5.95. The number of aromatic hydroxyl groups is 1. The molecule has 1 rings (SSSR count). The van der Waals surface area contributed by atoms with Crippen molar-refractivity contribution in [1.82, 2.24) is 0 Å². The van der Waals surface area contributed by atoms with Crippen molar-refractivity contribution >= 4 is 35.5 Å². The van der Waals surface area contributed by atoms with Gasteiger partial charge in [-0.3, -0.25) is 0 Å². The fraction of sp³-hybridized carbons (Fsp3) is 0.364. The molecule has 0 aliphatic heterocycles. The van der Waals surface area contributed by atoms with Crippen LogP contribution >= 0.6 is 0 Å². The average molecular weight is 217 g/mol. The zero-order chi connectivity index (χ0) is 10.7. The molecule has 0 aliphatic rings. The summed E-state index contributed by atoms with van der Waals surface area (Å²) >= 11 is 0. The van der Waals surface area contributed by atoms with Crippen molar-refractivity contribution in [2.24, 2.45) is 0 Å². The van der Waals surface area contributed by atoms with Gasteiger partial charge in [-0.15, -0.1) is 0 Å². The number of carboxylic acid groups (broad SMARTS) is 1. The van der Waals surface area contributed by atoms with E-state index in [-0.39, 0.29) is 35.3 Å². The molecular weight excluding hydrogens is 203 g/mol. The minimum Gasteiger partial charge on any atom is -0.508 e. The predicted octanol–water partition coefficient (Wildman–Crippen LogP) is 1.83. The molecule has 0 saturated carbocycles. The summed E-state index contributed by atoms with van der Waals surface area (Å²) in [5, 5.41) is 18.5. The second-order valence-electron chi connectivity index (χ2n) is 3.10. The minimum atomic E-state index is -0.934. The van der Waals surface area contributed by atoms with E-state index in [1.165, 1.54) is 12.1 Å². The van der Waals surface area contributed by atoms with Crippen molar-refractivity contribution < 1.29 is 15.0 Å². The molecule has 15 heavy (non-hydrogen) atoms. The first-order valence-electron chi connectivity index (χ1n) is 4.68. The zero-order valence-electron chi connectivity index (χ0n) is 9.37. The number of rotatable bonds is 3. The van der Waals surface area contributed by atoms with Crippen LogP contribution in [0.3, 0.4) is 0 Å². The summed E-state index contributed by atoms with van der Waals surface area (Å²) in [6.07, 6.45) is 1.27. The maximum absolute atomic E-state index is 10.9. The standard InChI is InChI=1S/C11H14O3.Na/c1-3-7-8(4-2)10(12)6-5-9(7)11(13)14;/h5-6,12H,3-4H2,1-2H3,(H,13,14);. The van der Waals surface area contributed by atoms with E-state index in [0.29, 0.717) is 18.4 Å². The molecule has 0 saturated heterocycles. The quantitative estimate of drug-likeness (QED) is 0.759. The Morgan fingerprint density at radius 1 is 1.20 bits per heavy atom. The van der Waals surface area contributed by atoms with E-state index in [1.807, 2.05) is 13.8 Å². The van der Waals surface area contributed by atoms with Crippen LogP contribution in [0.2, 0.25) is 0 Å². The molecule has 0 amide bonds. The molecule has 0 aliphatic carbocycles. The summed E-state index contributed by atoms with van der Waals surface area (Å²) in [5.74, 6) is -0.745. The van der Waals surface area contributed by atoms with Gasteiger partial charge in [0, 0.05) is 29.6 Å². The van der Waals surface area contributed by atoms with Gasteiger partial charge in [-0.05, 0) is 36.1 Å². The van der Waals surface area contributed by atoms with Crippen LogP contribution < -0.4 is 0 Å². The van der Waals surface area contributed by atoms with Crippen LogP contribution in [0.4, 0.5) is 0 Å². The summed E-state index contributed by atoms with van der Waals surface area (Å²) < 4.78 is 0. The summed E-state index contributed by atoms with van der Waals surface area (Å²) in [5.41, 5.74) is 1.77. The summed E-state index contributed by atoms with van der Waals surface area (Å²) in [4.78, 5) is 10.9. The molecule has 2 N–H and O–H groups in total. The topological polar surface area (TPSA) is 57.5 Å². The van der Waals surface area contributed by atoms with E-state index in [9.17, 15) is 9.90 Å². The first-order valence-corrected chi connectivity index (χ1v) is 4.68. The van der Waals surface area contributed by atoms with Crippen LogP contribution in [0.1, 0.15) is 35.3 Å². The fourth-order valence-corrected chi connectivity index (χ4v) is 1.68. The molecule has 0 unspecified atom stereocenters. The molecule has 0 heterocycles. The summed E-state index contributed by atoms with van der Waals surface area (Å²) in [6.45, 7) is 3.79. The van der Waals surface area contributed by atoms with Crippen LogP contribution in [0.15, 0.2) is 12.1 Å². The van der Waals surface area contributed by atoms with Gasteiger partial charge in [0.2, 0.25) is 0 Å². The molecule has 0 atom stereocenters. The Hall–Kier alpha value is -0.510.